The summed E-state index contributed by atoms with van der Waals surface area (Å²) in [6.07, 6.45) is 1.69. The number of carboxylic acid groups (broad SMARTS) is 1. The summed E-state index contributed by atoms with van der Waals surface area (Å²) < 4.78 is 5.09. The standard InChI is InChI=1S/C19H28N2O4/c1-20(2)13-15-7-4-5-8-16(15)17(22)21-11-6-9-19(14-21,18(23)24)10-12-25-3/h4-5,7-8H,6,9-14H2,1-3H3,(H,23,24)/t19-/m0/s1. The molecular weight excluding hydrogens is 320 g/mol. The number of likely N-dealkylation sites (tertiary alicyclic amines) is 1. The molecule has 1 aromatic rings. The number of rotatable bonds is 7. The molecule has 6 heteroatoms. The van der Waals surface area contributed by atoms with Crippen LogP contribution in [0, 0.1) is 5.41 Å². The third kappa shape index (κ3) is 4.58. The van der Waals surface area contributed by atoms with Gasteiger partial charge in [-0.05, 0) is 45.0 Å². The molecule has 138 valence electrons. The van der Waals surface area contributed by atoms with Gasteiger partial charge < -0.3 is 19.6 Å². The summed E-state index contributed by atoms with van der Waals surface area (Å²) in [4.78, 5) is 28.7. The second kappa shape index (κ2) is 8.45. The van der Waals surface area contributed by atoms with Gasteiger partial charge in [-0.15, -0.1) is 0 Å². The average Bonchev–Trinajstić information content (AvgIpc) is 2.59. The van der Waals surface area contributed by atoms with Crippen LogP contribution < -0.4 is 0 Å². The van der Waals surface area contributed by atoms with E-state index in [4.69, 9.17) is 4.74 Å². The van der Waals surface area contributed by atoms with Crippen LogP contribution in [0.4, 0.5) is 0 Å². The number of piperidine rings is 1. The van der Waals surface area contributed by atoms with E-state index in [0.717, 1.165) is 5.56 Å². The van der Waals surface area contributed by atoms with E-state index in [1.807, 2.05) is 43.3 Å². The molecule has 1 heterocycles. The molecule has 0 unspecified atom stereocenters. The van der Waals surface area contributed by atoms with Gasteiger partial charge in [0.05, 0.1) is 5.41 Å². The Balaban J connectivity index is 2.23. The smallest absolute Gasteiger partial charge is 0.311 e. The van der Waals surface area contributed by atoms with E-state index in [9.17, 15) is 14.7 Å². The fourth-order valence-electron chi connectivity index (χ4n) is 3.47. The van der Waals surface area contributed by atoms with Gasteiger partial charge in [0.1, 0.15) is 0 Å². The first-order valence-corrected chi connectivity index (χ1v) is 8.64. The van der Waals surface area contributed by atoms with Crippen molar-refractivity contribution in [2.75, 3.05) is 40.9 Å². The second-order valence-electron chi connectivity index (χ2n) is 7.05. The number of ether oxygens (including phenoxy) is 1. The molecule has 0 saturated carbocycles. The quantitative estimate of drug-likeness (QED) is 0.817. The van der Waals surface area contributed by atoms with Crippen molar-refractivity contribution in [1.29, 1.82) is 0 Å². The first kappa shape index (κ1) is 19.4. The number of carbonyl (C=O) groups excluding carboxylic acids is 1. The summed E-state index contributed by atoms with van der Waals surface area (Å²) >= 11 is 0. The zero-order chi connectivity index (χ0) is 18.4. The number of benzene rings is 1. The maximum Gasteiger partial charge on any atom is 0.311 e. The molecule has 0 aliphatic carbocycles. The average molecular weight is 348 g/mol. The minimum atomic E-state index is -0.916. The Labute approximate surface area is 149 Å². The lowest BCUT2D eigenvalue weighted by Gasteiger charge is -2.40. The Morgan fingerprint density at radius 3 is 2.68 bits per heavy atom. The van der Waals surface area contributed by atoms with E-state index in [1.165, 1.54) is 0 Å². The van der Waals surface area contributed by atoms with Gasteiger partial charge in [0, 0.05) is 38.9 Å². The number of nitrogens with zero attached hydrogens (tertiary/aromatic N) is 2. The molecule has 6 nitrogen and oxygen atoms in total. The van der Waals surface area contributed by atoms with Gasteiger partial charge >= 0.3 is 5.97 Å². The number of aliphatic carboxylic acids is 1. The van der Waals surface area contributed by atoms with E-state index in [1.54, 1.807) is 12.0 Å². The minimum Gasteiger partial charge on any atom is -0.481 e. The van der Waals surface area contributed by atoms with Crippen molar-refractivity contribution < 1.29 is 19.4 Å². The van der Waals surface area contributed by atoms with Gasteiger partial charge in [0.15, 0.2) is 0 Å². The fourth-order valence-corrected chi connectivity index (χ4v) is 3.47. The van der Waals surface area contributed by atoms with Crippen molar-refractivity contribution >= 4 is 11.9 Å². The Bertz CT molecular complexity index is 617. The van der Waals surface area contributed by atoms with Crippen LogP contribution in [0.5, 0.6) is 0 Å². The van der Waals surface area contributed by atoms with Crippen LogP contribution in [0.25, 0.3) is 0 Å². The lowest BCUT2D eigenvalue weighted by Crippen LogP contribution is -2.50. The third-order valence-corrected chi connectivity index (χ3v) is 4.84. The van der Waals surface area contributed by atoms with E-state index in [2.05, 4.69) is 0 Å². The fraction of sp³-hybridized carbons (Fsp3) is 0.579. The van der Waals surface area contributed by atoms with Gasteiger partial charge in [0.25, 0.3) is 5.91 Å². The maximum atomic E-state index is 13.1. The van der Waals surface area contributed by atoms with Crippen molar-refractivity contribution in [2.45, 2.75) is 25.8 Å². The van der Waals surface area contributed by atoms with E-state index in [-0.39, 0.29) is 12.5 Å². The summed E-state index contributed by atoms with van der Waals surface area (Å²) in [6.45, 7) is 1.88. The molecule has 2 rings (SSSR count). The van der Waals surface area contributed by atoms with Gasteiger partial charge in [-0.2, -0.15) is 0 Å². The second-order valence-corrected chi connectivity index (χ2v) is 7.05. The van der Waals surface area contributed by atoms with Crippen LogP contribution >= 0.6 is 0 Å². The van der Waals surface area contributed by atoms with Crippen LogP contribution in [0.2, 0.25) is 0 Å². The molecule has 1 fully saturated rings. The predicted molar refractivity (Wildman–Crippen MR) is 95.5 cm³/mol. The summed E-state index contributed by atoms with van der Waals surface area (Å²) in [6, 6.07) is 7.55. The Morgan fingerprint density at radius 1 is 1.32 bits per heavy atom. The van der Waals surface area contributed by atoms with Crippen LogP contribution in [-0.4, -0.2) is 67.7 Å². The molecule has 1 amide bonds. The highest BCUT2D eigenvalue weighted by molar-refractivity contribution is 5.96. The molecule has 25 heavy (non-hydrogen) atoms. The van der Waals surface area contributed by atoms with Crippen LogP contribution in [0.1, 0.15) is 35.2 Å². The summed E-state index contributed by atoms with van der Waals surface area (Å²) in [5.41, 5.74) is 0.700. The number of hydrogen-bond donors (Lipinski definition) is 1. The monoisotopic (exact) mass is 348 g/mol. The summed E-state index contributed by atoms with van der Waals surface area (Å²) in [5.74, 6) is -0.927. The molecule has 0 radical (unpaired) electrons. The number of methoxy groups -OCH3 is 1. The maximum absolute atomic E-state index is 13.1. The van der Waals surface area contributed by atoms with Crippen molar-refractivity contribution in [2.24, 2.45) is 5.41 Å². The first-order chi connectivity index (χ1) is 11.9. The van der Waals surface area contributed by atoms with Crippen LogP contribution in [0.3, 0.4) is 0 Å². The third-order valence-electron chi connectivity index (χ3n) is 4.84. The topological polar surface area (TPSA) is 70.1 Å². The van der Waals surface area contributed by atoms with E-state index in [0.29, 0.717) is 44.5 Å². The number of carbonyl (C=O) groups is 2. The zero-order valence-electron chi connectivity index (χ0n) is 15.3. The molecule has 1 aliphatic heterocycles. The van der Waals surface area contributed by atoms with Gasteiger partial charge in [-0.25, -0.2) is 0 Å². The number of carboxylic acids is 1. The van der Waals surface area contributed by atoms with Crippen molar-refractivity contribution in [1.82, 2.24) is 9.80 Å². The number of amides is 1. The summed E-state index contributed by atoms with van der Waals surface area (Å²) in [7, 11) is 5.49. The van der Waals surface area contributed by atoms with Gasteiger partial charge in [-0.3, -0.25) is 9.59 Å². The Hall–Kier alpha value is -1.92. The van der Waals surface area contributed by atoms with Gasteiger partial charge in [-0.1, -0.05) is 18.2 Å². The molecule has 1 aliphatic rings. The molecule has 1 N–H and O–H groups in total. The first-order valence-electron chi connectivity index (χ1n) is 8.64. The largest absolute Gasteiger partial charge is 0.481 e. The number of hydrogen-bond acceptors (Lipinski definition) is 4. The molecule has 0 bridgehead atoms. The summed E-state index contributed by atoms with van der Waals surface area (Å²) in [5, 5.41) is 9.76. The Kier molecular flexibility index (Phi) is 6.56. The van der Waals surface area contributed by atoms with Crippen LogP contribution in [-0.2, 0) is 16.1 Å². The highest BCUT2D eigenvalue weighted by Gasteiger charge is 2.43. The molecule has 1 saturated heterocycles. The SMILES string of the molecule is COCC[C@@]1(C(=O)O)CCCN(C(=O)c2ccccc2CN(C)C)C1. The minimum absolute atomic E-state index is 0.0832. The predicted octanol–water partition coefficient (Wildman–Crippen LogP) is 2.09. The molecular formula is C19H28N2O4. The normalized spacial score (nSPS) is 20.7. The molecule has 0 spiro atoms. The highest BCUT2D eigenvalue weighted by Crippen LogP contribution is 2.34. The van der Waals surface area contributed by atoms with Crippen molar-refractivity contribution in [3.8, 4) is 0 Å². The zero-order valence-corrected chi connectivity index (χ0v) is 15.3. The van der Waals surface area contributed by atoms with Crippen molar-refractivity contribution in [3.05, 3.63) is 35.4 Å². The van der Waals surface area contributed by atoms with E-state index >= 15 is 0 Å². The lowest BCUT2D eigenvalue weighted by molar-refractivity contribution is -0.153. The molecule has 0 aromatic heterocycles. The van der Waals surface area contributed by atoms with Crippen LogP contribution in [0.15, 0.2) is 24.3 Å². The van der Waals surface area contributed by atoms with Gasteiger partial charge in [0.2, 0.25) is 0 Å². The molecule has 1 atom stereocenters. The van der Waals surface area contributed by atoms with Crippen molar-refractivity contribution in [3.63, 3.8) is 0 Å². The molecule has 1 aromatic carbocycles. The van der Waals surface area contributed by atoms with E-state index < -0.39 is 11.4 Å². The lowest BCUT2D eigenvalue weighted by atomic mass is 9.77. The Morgan fingerprint density at radius 2 is 2.04 bits per heavy atom. The highest BCUT2D eigenvalue weighted by atomic mass is 16.5.